The van der Waals surface area contributed by atoms with E-state index in [-0.39, 0.29) is 30.5 Å². The normalized spacial score (nSPS) is 16.9. The van der Waals surface area contributed by atoms with Crippen LogP contribution in [0.4, 0.5) is 29.3 Å². The summed E-state index contributed by atoms with van der Waals surface area (Å²) in [5.41, 5.74) is 0.661. The molecule has 1 fully saturated rings. The van der Waals surface area contributed by atoms with E-state index in [1.165, 1.54) is 18.2 Å². The van der Waals surface area contributed by atoms with Crippen molar-refractivity contribution in [2.75, 3.05) is 23.3 Å². The zero-order valence-corrected chi connectivity index (χ0v) is 15.2. The highest BCUT2D eigenvalue weighted by Gasteiger charge is 2.34. The third kappa shape index (κ3) is 4.62. The Bertz CT molecular complexity index is 866. The fourth-order valence-electron chi connectivity index (χ4n) is 3.14. The summed E-state index contributed by atoms with van der Waals surface area (Å²) in [6.45, 7) is 2.59. The number of hydrogen-bond acceptors (Lipinski definition) is 2. The zero-order valence-electron chi connectivity index (χ0n) is 15.2. The molecule has 148 valence electrons. The van der Waals surface area contributed by atoms with Crippen LogP contribution in [0.25, 0.3) is 0 Å². The molecule has 3 amide bonds. The minimum absolute atomic E-state index is 0.0431. The number of urea groups is 1. The van der Waals surface area contributed by atoms with E-state index >= 15 is 0 Å². The monoisotopic (exact) mass is 391 g/mol. The third-order valence-corrected chi connectivity index (χ3v) is 4.58. The van der Waals surface area contributed by atoms with Gasteiger partial charge in [-0.2, -0.15) is 13.2 Å². The lowest BCUT2D eigenvalue weighted by molar-refractivity contribution is -0.136. The Morgan fingerprint density at radius 3 is 2.50 bits per heavy atom. The minimum atomic E-state index is -4.56. The van der Waals surface area contributed by atoms with Crippen molar-refractivity contribution in [3.63, 3.8) is 0 Å². The number of halogens is 3. The number of carbonyl (C=O) groups excluding carboxylic acids is 2. The van der Waals surface area contributed by atoms with Crippen LogP contribution in [0.15, 0.2) is 48.5 Å². The van der Waals surface area contributed by atoms with Crippen LogP contribution >= 0.6 is 0 Å². The van der Waals surface area contributed by atoms with Crippen LogP contribution < -0.4 is 15.5 Å². The van der Waals surface area contributed by atoms with Gasteiger partial charge in [0.25, 0.3) is 0 Å². The maximum absolute atomic E-state index is 13.0. The molecule has 0 aromatic heterocycles. The highest BCUT2D eigenvalue weighted by Crippen LogP contribution is 2.34. The maximum Gasteiger partial charge on any atom is 0.418 e. The molecule has 28 heavy (non-hydrogen) atoms. The second-order valence-electron chi connectivity index (χ2n) is 6.79. The molecule has 2 aromatic rings. The van der Waals surface area contributed by atoms with Crippen molar-refractivity contribution >= 4 is 23.3 Å². The molecule has 8 heteroatoms. The summed E-state index contributed by atoms with van der Waals surface area (Å²) in [6.07, 6.45) is -4.29. The highest BCUT2D eigenvalue weighted by atomic mass is 19.4. The molecule has 0 radical (unpaired) electrons. The molecule has 0 aliphatic carbocycles. The van der Waals surface area contributed by atoms with Gasteiger partial charge in [0.2, 0.25) is 5.91 Å². The first kappa shape index (κ1) is 19.7. The quantitative estimate of drug-likeness (QED) is 0.821. The van der Waals surface area contributed by atoms with Gasteiger partial charge < -0.3 is 15.5 Å². The Morgan fingerprint density at radius 2 is 1.82 bits per heavy atom. The average molecular weight is 391 g/mol. The first-order valence-electron chi connectivity index (χ1n) is 8.82. The van der Waals surface area contributed by atoms with Crippen molar-refractivity contribution in [2.24, 2.45) is 5.92 Å². The van der Waals surface area contributed by atoms with E-state index < -0.39 is 17.8 Å². The Kier molecular flexibility index (Phi) is 5.58. The number of benzene rings is 2. The Balaban J connectivity index is 1.56. The lowest BCUT2D eigenvalue weighted by Gasteiger charge is -2.18. The molecule has 0 spiro atoms. The van der Waals surface area contributed by atoms with Gasteiger partial charge in [0, 0.05) is 31.1 Å². The first-order chi connectivity index (χ1) is 13.2. The fourth-order valence-corrected chi connectivity index (χ4v) is 3.14. The van der Waals surface area contributed by atoms with Gasteiger partial charge in [-0.3, -0.25) is 4.79 Å². The number of carbonyl (C=O) groups is 2. The number of amides is 3. The topological polar surface area (TPSA) is 61.4 Å². The standard InChI is InChI=1S/C20H20F3N3O2/c1-13-6-8-15(9-7-13)26-12-14(10-18(26)27)11-24-19(28)25-17-5-3-2-4-16(17)20(21,22)23/h2-9,14H,10-12H2,1H3,(H2,24,25,28). The minimum Gasteiger partial charge on any atom is -0.338 e. The van der Waals surface area contributed by atoms with Crippen LogP contribution in [-0.2, 0) is 11.0 Å². The van der Waals surface area contributed by atoms with Crippen molar-refractivity contribution in [3.8, 4) is 0 Å². The number of para-hydroxylation sites is 1. The van der Waals surface area contributed by atoms with E-state index in [0.717, 1.165) is 17.3 Å². The second kappa shape index (κ2) is 7.92. The van der Waals surface area contributed by atoms with E-state index in [2.05, 4.69) is 10.6 Å². The number of anilines is 2. The van der Waals surface area contributed by atoms with Gasteiger partial charge in [0.15, 0.2) is 0 Å². The summed E-state index contributed by atoms with van der Waals surface area (Å²) in [6, 6.07) is 11.6. The molecule has 1 heterocycles. The van der Waals surface area contributed by atoms with Gasteiger partial charge in [-0.25, -0.2) is 4.79 Å². The summed E-state index contributed by atoms with van der Waals surface area (Å²) in [7, 11) is 0. The molecule has 0 bridgehead atoms. The number of aryl methyl sites for hydroxylation is 1. The Labute approximate surface area is 160 Å². The Hall–Kier alpha value is -3.03. The lowest BCUT2D eigenvalue weighted by Crippen LogP contribution is -2.34. The van der Waals surface area contributed by atoms with Gasteiger partial charge in [-0.1, -0.05) is 29.8 Å². The molecule has 2 N–H and O–H groups in total. The molecular formula is C20H20F3N3O2. The van der Waals surface area contributed by atoms with Crippen LogP contribution in [0, 0.1) is 12.8 Å². The smallest absolute Gasteiger partial charge is 0.338 e. The largest absolute Gasteiger partial charge is 0.418 e. The van der Waals surface area contributed by atoms with E-state index in [9.17, 15) is 22.8 Å². The van der Waals surface area contributed by atoms with E-state index in [1.807, 2.05) is 31.2 Å². The SMILES string of the molecule is Cc1ccc(N2CC(CNC(=O)Nc3ccccc3C(F)(F)F)CC2=O)cc1. The van der Waals surface area contributed by atoms with Crippen molar-refractivity contribution in [2.45, 2.75) is 19.5 Å². The van der Waals surface area contributed by atoms with Crippen LogP contribution in [0.3, 0.4) is 0 Å². The predicted octanol–water partition coefficient (Wildman–Crippen LogP) is 4.19. The Morgan fingerprint density at radius 1 is 1.14 bits per heavy atom. The van der Waals surface area contributed by atoms with Crippen LogP contribution in [0.2, 0.25) is 0 Å². The summed E-state index contributed by atoms with van der Waals surface area (Å²) < 4.78 is 39.0. The van der Waals surface area contributed by atoms with Gasteiger partial charge in [-0.15, -0.1) is 0 Å². The van der Waals surface area contributed by atoms with E-state index in [0.29, 0.717) is 6.54 Å². The highest BCUT2D eigenvalue weighted by molar-refractivity contribution is 5.96. The van der Waals surface area contributed by atoms with E-state index in [1.54, 1.807) is 4.90 Å². The summed E-state index contributed by atoms with van der Waals surface area (Å²) in [5, 5.41) is 4.79. The summed E-state index contributed by atoms with van der Waals surface area (Å²) in [5.74, 6) is -0.157. The molecule has 5 nitrogen and oxygen atoms in total. The number of nitrogens with zero attached hydrogens (tertiary/aromatic N) is 1. The van der Waals surface area contributed by atoms with Crippen LogP contribution in [0.1, 0.15) is 17.5 Å². The first-order valence-corrected chi connectivity index (χ1v) is 8.82. The predicted molar refractivity (Wildman–Crippen MR) is 100 cm³/mol. The third-order valence-electron chi connectivity index (χ3n) is 4.58. The van der Waals surface area contributed by atoms with Crippen LogP contribution in [-0.4, -0.2) is 25.0 Å². The van der Waals surface area contributed by atoms with Crippen molar-refractivity contribution in [3.05, 3.63) is 59.7 Å². The van der Waals surface area contributed by atoms with Gasteiger partial charge in [-0.05, 0) is 31.2 Å². The number of hydrogen-bond donors (Lipinski definition) is 2. The maximum atomic E-state index is 13.0. The molecule has 2 aromatic carbocycles. The molecular weight excluding hydrogens is 371 g/mol. The van der Waals surface area contributed by atoms with E-state index in [4.69, 9.17) is 0 Å². The van der Waals surface area contributed by atoms with Crippen molar-refractivity contribution < 1.29 is 22.8 Å². The summed E-state index contributed by atoms with van der Waals surface area (Å²) in [4.78, 5) is 25.9. The number of alkyl halides is 3. The molecule has 1 aliphatic rings. The van der Waals surface area contributed by atoms with Crippen molar-refractivity contribution in [1.29, 1.82) is 0 Å². The second-order valence-corrected chi connectivity index (χ2v) is 6.79. The zero-order chi connectivity index (χ0) is 20.3. The fraction of sp³-hybridized carbons (Fsp3) is 0.300. The number of rotatable bonds is 4. The lowest BCUT2D eigenvalue weighted by atomic mass is 10.1. The summed E-state index contributed by atoms with van der Waals surface area (Å²) >= 11 is 0. The van der Waals surface area contributed by atoms with Gasteiger partial charge >= 0.3 is 12.2 Å². The molecule has 1 atom stereocenters. The van der Waals surface area contributed by atoms with Crippen molar-refractivity contribution in [1.82, 2.24) is 5.32 Å². The molecule has 0 saturated carbocycles. The molecule has 3 rings (SSSR count). The van der Waals surface area contributed by atoms with Crippen LogP contribution in [0.5, 0.6) is 0 Å². The van der Waals surface area contributed by atoms with Gasteiger partial charge in [0.05, 0.1) is 11.3 Å². The molecule has 1 unspecified atom stereocenters. The average Bonchev–Trinajstić information content (AvgIpc) is 3.01. The van der Waals surface area contributed by atoms with Gasteiger partial charge in [0.1, 0.15) is 0 Å². The number of nitrogens with one attached hydrogen (secondary N) is 2. The molecule has 1 saturated heterocycles. The molecule has 1 aliphatic heterocycles.